The van der Waals surface area contributed by atoms with Crippen molar-refractivity contribution in [1.82, 2.24) is 20.4 Å². The largest absolute Gasteiger partial charge is 0.391 e. The van der Waals surface area contributed by atoms with Crippen molar-refractivity contribution in [1.29, 1.82) is 0 Å². The van der Waals surface area contributed by atoms with E-state index >= 15 is 0 Å². The average Bonchev–Trinajstić information content (AvgIpc) is 3.69. The normalized spacial score (nSPS) is 20.9. The Morgan fingerprint density at radius 2 is 1.85 bits per heavy atom. The van der Waals surface area contributed by atoms with E-state index in [1.54, 1.807) is 17.4 Å². The minimum absolute atomic E-state index is 0.0760. The fraction of sp³-hybridized carbons (Fsp3) is 0.500. The number of ketones is 1. The van der Waals surface area contributed by atoms with Gasteiger partial charge in [-0.15, -0.1) is 11.3 Å². The van der Waals surface area contributed by atoms with Crippen molar-refractivity contribution in [2.45, 2.75) is 71.1 Å². The van der Waals surface area contributed by atoms with E-state index in [0.29, 0.717) is 37.5 Å². The Labute approximate surface area is 243 Å². The number of likely N-dealkylation sites (tertiary alicyclic amines) is 1. The molecule has 2 N–H and O–H groups in total. The van der Waals surface area contributed by atoms with Crippen molar-refractivity contribution in [2.24, 2.45) is 5.92 Å². The topological polar surface area (TPSA) is 129 Å². The van der Waals surface area contributed by atoms with Crippen LogP contribution in [0.3, 0.4) is 0 Å². The molecule has 0 aliphatic carbocycles. The number of thiazole rings is 1. The van der Waals surface area contributed by atoms with Crippen LogP contribution in [0.1, 0.15) is 69.0 Å². The number of aliphatic hydroxyl groups excluding tert-OH is 1. The molecule has 1 aromatic carbocycles. The van der Waals surface area contributed by atoms with Crippen molar-refractivity contribution in [2.75, 3.05) is 24.5 Å². The molecule has 2 aliphatic rings. The summed E-state index contributed by atoms with van der Waals surface area (Å²) in [4.78, 5) is 47.9. The molecule has 218 valence electrons. The lowest BCUT2D eigenvalue weighted by atomic mass is 9.91. The number of hydrogen-bond acceptors (Lipinski definition) is 9. The first-order chi connectivity index (χ1) is 19.6. The van der Waals surface area contributed by atoms with Crippen LogP contribution in [0.5, 0.6) is 0 Å². The molecule has 0 spiro atoms. The molecule has 0 saturated carbocycles. The molecule has 2 unspecified atom stereocenters. The maximum atomic E-state index is 13.9. The van der Waals surface area contributed by atoms with E-state index in [-0.39, 0.29) is 42.5 Å². The number of benzene rings is 1. The standard InChI is InChI=1S/C30H37N5O5S/c1-17(2)27(25-14-26(33-40-25)34-11-9-22(36)10-12-34)30(39)35-15-23(37)13-24(35)29(38)32-18(3)20-5-7-21(8-6-20)28-19(4)31-16-41-28/h5-8,14,16-18,23-24,27,37H,9-13,15H2,1-4H3,(H,32,38)/t18?,23-,24+,27?/m1/s1. The summed E-state index contributed by atoms with van der Waals surface area (Å²) in [6.45, 7) is 8.94. The summed E-state index contributed by atoms with van der Waals surface area (Å²) in [6.07, 6.45) is 0.301. The molecule has 10 nitrogen and oxygen atoms in total. The quantitative estimate of drug-likeness (QED) is 0.412. The maximum Gasteiger partial charge on any atom is 0.243 e. The molecule has 2 aliphatic heterocycles. The highest BCUT2D eigenvalue weighted by molar-refractivity contribution is 7.13. The first-order valence-corrected chi connectivity index (χ1v) is 15.0. The molecule has 2 fully saturated rings. The monoisotopic (exact) mass is 579 g/mol. The van der Waals surface area contributed by atoms with Crippen LogP contribution >= 0.6 is 11.3 Å². The minimum Gasteiger partial charge on any atom is -0.391 e. The first-order valence-electron chi connectivity index (χ1n) is 14.1. The number of Topliss-reactive ketones (excluding diaryl/α,β-unsaturated/α-hetero) is 1. The van der Waals surface area contributed by atoms with Crippen LogP contribution in [0.2, 0.25) is 0 Å². The Bertz CT molecular complexity index is 1390. The molecule has 2 saturated heterocycles. The number of anilines is 1. The van der Waals surface area contributed by atoms with Crippen LogP contribution < -0.4 is 10.2 Å². The molecule has 0 radical (unpaired) electrons. The fourth-order valence-corrected chi connectivity index (χ4v) is 6.49. The number of rotatable bonds is 8. The second-order valence-corrected chi connectivity index (χ2v) is 12.2. The highest BCUT2D eigenvalue weighted by Gasteiger charge is 2.43. The Morgan fingerprint density at radius 1 is 1.15 bits per heavy atom. The molecule has 4 heterocycles. The highest BCUT2D eigenvalue weighted by Crippen LogP contribution is 2.33. The third-order valence-corrected chi connectivity index (χ3v) is 9.02. The number of carbonyl (C=O) groups is 3. The number of nitrogens with zero attached hydrogens (tertiary/aromatic N) is 4. The van der Waals surface area contributed by atoms with Crippen molar-refractivity contribution < 1.29 is 24.0 Å². The Balaban J connectivity index is 1.28. The van der Waals surface area contributed by atoms with Gasteiger partial charge < -0.3 is 24.7 Å². The van der Waals surface area contributed by atoms with Gasteiger partial charge in [0, 0.05) is 45.0 Å². The molecule has 4 atom stereocenters. The van der Waals surface area contributed by atoms with E-state index in [2.05, 4.69) is 15.5 Å². The molecule has 2 amide bonds. The number of piperidine rings is 1. The van der Waals surface area contributed by atoms with E-state index in [4.69, 9.17) is 4.52 Å². The number of aryl methyl sites for hydroxylation is 1. The van der Waals surface area contributed by atoms with Gasteiger partial charge in [-0.25, -0.2) is 4.98 Å². The van der Waals surface area contributed by atoms with E-state index in [1.807, 2.05) is 62.4 Å². The van der Waals surface area contributed by atoms with Gasteiger partial charge in [-0.1, -0.05) is 43.3 Å². The maximum absolute atomic E-state index is 13.9. The summed E-state index contributed by atoms with van der Waals surface area (Å²) in [5, 5.41) is 17.7. The number of carbonyl (C=O) groups excluding carboxylic acids is 3. The van der Waals surface area contributed by atoms with Gasteiger partial charge in [0.2, 0.25) is 11.8 Å². The van der Waals surface area contributed by atoms with E-state index in [0.717, 1.165) is 21.7 Å². The third-order valence-electron chi connectivity index (χ3n) is 8.04. The SMILES string of the molecule is Cc1ncsc1-c1ccc(C(C)NC(=O)[C@@H]2C[C@@H](O)CN2C(=O)C(c2cc(N3CCC(=O)CC3)no2)C(C)C)cc1. The predicted octanol–water partition coefficient (Wildman–Crippen LogP) is 3.85. The number of hydrogen-bond donors (Lipinski definition) is 2. The smallest absolute Gasteiger partial charge is 0.243 e. The fourth-order valence-electron chi connectivity index (χ4n) is 5.68. The molecule has 5 rings (SSSR count). The van der Waals surface area contributed by atoms with Crippen molar-refractivity contribution in [3.8, 4) is 10.4 Å². The number of aliphatic hydroxyl groups is 1. The van der Waals surface area contributed by atoms with Crippen LogP contribution in [0.4, 0.5) is 5.82 Å². The predicted molar refractivity (Wildman–Crippen MR) is 156 cm³/mol. The number of nitrogens with one attached hydrogen (secondary N) is 1. The molecule has 3 aromatic rings. The minimum atomic E-state index is -0.796. The summed E-state index contributed by atoms with van der Waals surface area (Å²) in [5.41, 5.74) is 4.83. The molecule has 2 aromatic heterocycles. The summed E-state index contributed by atoms with van der Waals surface area (Å²) in [7, 11) is 0. The number of amides is 2. The lowest BCUT2D eigenvalue weighted by Gasteiger charge is -2.29. The zero-order valence-electron chi connectivity index (χ0n) is 23.9. The number of β-amino-alcohol motifs (C(OH)–C–C–N with tert-alkyl or cyclic N) is 1. The van der Waals surface area contributed by atoms with Crippen LogP contribution in [-0.2, 0) is 14.4 Å². The summed E-state index contributed by atoms with van der Waals surface area (Å²) >= 11 is 1.59. The lowest BCUT2D eigenvalue weighted by molar-refractivity contribution is -0.141. The van der Waals surface area contributed by atoms with Crippen molar-refractivity contribution in [3.05, 3.63) is 52.9 Å². The van der Waals surface area contributed by atoms with Crippen LogP contribution in [0, 0.1) is 12.8 Å². The molecular formula is C30H37N5O5S. The Kier molecular flexibility index (Phi) is 8.55. The second kappa shape index (κ2) is 12.1. The van der Waals surface area contributed by atoms with Gasteiger partial charge in [-0.2, -0.15) is 0 Å². The Morgan fingerprint density at radius 3 is 2.49 bits per heavy atom. The van der Waals surface area contributed by atoms with Gasteiger partial charge in [-0.05, 0) is 30.9 Å². The lowest BCUT2D eigenvalue weighted by Crippen LogP contribution is -2.48. The van der Waals surface area contributed by atoms with Crippen molar-refractivity contribution >= 4 is 34.8 Å². The van der Waals surface area contributed by atoms with Gasteiger partial charge in [0.1, 0.15) is 17.7 Å². The molecule has 0 bridgehead atoms. The Hall–Kier alpha value is -3.57. The summed E-state index contributed by atoms with van der Waals surface area (Å²) < 4.78 is 5.65. The zero-order valence-corrected chi connectivity index (χ0v) is 24.7. The van der Waals surface area contributed by atoms with Gasteiger partial charge in [0.25, 0.3) is 0 Å². The van der Waals surface area contributed by atoms with E-state index in [1.165, 1.54) is 4.90 Å². The zero-order chi connectivity index (χ0) is 29.3. The van der Waals surface area contributed by atoms with Gasteiger partial charge in [0.05, 0.1) is 28.2 Å². The molecule has 11 heteroatoms. The molecular weight excluding hydrogens is 542 g/mol. The summed E-state index contributed by atoms with van der Waals surface area (Å²) in [5.74, 6) is -0.118. The average molecular weight is 580 g/mol. The van der Waals surface area contributed by atoms with Crippen LogP contribution in [-0.4, -0.2) is 69.5 Å². The summed E-state index contributed by atoms with van der Waals surface area (Å²) in [6, 6.07) is 8.70. The van der Waals surface area contributed by atoms with Crippen LogP contribution in [0.15, 0.2) is 40.4 Å². The second-order valence-electron chi connectivity index (χ2n) is 11.3. The van der Waals surface area contributed by atoms with Gasteiger partial charge >= 0.3 is 0 Å². The highest BCUT2D eigenvalue weighted by atomic mass is 32.1. The molecule has 41 heavy (non-hydrogen) atoms. The van der Waals surface area contributed by atoms with Crippen LogP contribution in [0.25, 0.3) is 10.4 Å². The van der Waals surface area contributed by atoms with Crippen molar-refractivity contribution in [3.63, 3.8) is 0 Å². The first kappa shape index (κ1) is 28.9. The van der Waals surface area contributed by atoms with Gasteiger partial charge in [-0.3, -0.25) is 14.4 Å². The van der Waals surface area contributed by atoms with E-state index in [9.17, 15) is 19.5 Å². The third kappa shape index (κ3) is 6.20. The van der Waals surface area contributed by atoms with E-state index < -0.39 is 18.1 Å². The number of aromatic nitrogens is 2. The van der Waals surface area contributed by atoms with Gasteiger partial charge in [0.15, 0.2) is 11.6 Å².